The Morgan fingerprint density at radius 2 is 1.74 bits per heavy atom. The van der Waals surface area contributed by atoms with Crippen molar-refractivity contribution < 1.29 is 41.0 Å². The van der Waals surface area contributed by atoms with Crippen LogP contribution in [0.1, 0.15) is 36.0 Å². The number of alkyl halides is 5. The molecule has 1 aromatic rings. The Balaban J connectivity index is 1.69. The summed E-state index contributed by atoms with van der Waals surface area (Å²) in [6, 6.07) is 3.35. The lowest BCUT2D eigenvalue weighted by atomic mass is 9.98. The molecule has 144 valence electrons. The lowest BCUT2D eigenvalue weighted by molar-refractivity contribution is -0.286. The van der Waals surface area contributed by atoms with Crippen LogP contribution < -0.4 is 9.47 Å². The number of hydrogen-bond acceptors (Lipinski definition) is 5. The lowest BCUT2D eigenvalue weighted by Crippen LogP contribution is -2.25. The van der Waals surface area contributed by atoms with E-state index in [1.807, 2.05) is 0 Å². The summed E-state index contributed by atoms with van der Waals surface area (Å²) >= 11 is 0. The van der Waals surface area contributed by atoms with Crippen molar-refractivity contribution in [2.24, 2.45) is 4.99 Å². The Morgan fingerprint density at radius 3 is 2.44 bits per heavy atom. The van der Waals surface area contributed by atoms with Crippen LogP contribution in [-0.2, 0) is 4.79 Å². The second-order valence-electron chi connectivity index (χ2n) is 5.85. The van der Waals surface area contributed by atoms with Crippen molar-refractivity contribution in [2.45, 2.75) is 38.2 Å². The molecular formula is C17H12F5NO4. The number of aliphatic imine (C=N–C) groups is 1. The minimum absolute atomic E-state index is 0.0278. The summed E-state index contributed by atoms with van der Waals surface area (Å²) in [5.41, 5.74) is -1.72. The van der Waals surface area contributed by atoms with Crippen molar-refractivity contribution in [1.82, 2.24) is 0 Å². The van der Waals surface area contributed by atoms with Crippen molar-refractivity contribution >= 4 is 17.8 Å². The predicted molar refractivity (Wildman–Crippen MR) is 82.0 cm³/mol. The SMILES string of the molecule is O=C(CCC(=O)c1ccc2c(c1)OC(F)(F)O2)C1=C(C(F)(F)F)CCC=N1. The second-order valence-corrected chi connectivity index (χ2v) is 5.85. The highest BCUT2D eigenvalue weighted by Crippen LogP contribution is 2.41. The van der Waals surface area contributed by atoms with E-state index in [0.29, 0.717) is 0 Å². The number of ether oxygens (including phenoxy) is 2. The van der Waals surface area contributed by atoms with Gasteiger partial charge < -0.3 is 9.47 Å². The molecular weight excluding hydrogens is 377 g/mol. The molecule has 2 heterocycles. The molecule has 0 N–H and O–H groups in total. The maximum atomic E-state index is 13.0. The monoisotopic (exact) mass is 389 g/mol. The molecule has 1 aromatic carbocycles. The molecule has 0 bridgehead atoms. The normalized spacial score (nSPS) is 18.0. The van der Waals surface area contributed by atoms with Crippen LogP contribution >= 0.6 is 0 Å². The molecule has 0 unspecified atom stereocenters. The topological polar surface area (TPSA) is 65.0 Å². The fraction of sp³-hybridized carbons (Fsp3) is 0.353. The number of carbonyl (C=O) groups is 2. The van der Waals surface area contributed by atoms with Crippen LogP contribution in [0, 0.1) is 0 Å². The summed E-state index contributed by atoms with van der Waals surface area (Å²) in [5.74, 6) is -2.10. The van der Waals surface area contributed by atoms with Gasteiger partial charge in [-0.1, -0.05) is 0 Å². The van der Waals surface area contributed by atoms with Gasteiger partial charge in [0.2, 0.25) is 0 Å². The van der Waals surface area contributed by atoms with Gasteiger partial charge in [0.05, 0.1) is 5.57 Å². The first-order chi connectivity index (χ1) is 12.6. The van der Waals surface area contributed by atoms with Gasteiger partial charge in [-0.2, -0.15) is 13.2 Å². The van der Waals surface area contributed by atoms with E-state index in [1.165, 1.54) is 12.3 Å². The van der Waals surface area contributed by atoms with Crippen LogP contribution in [0.3, 0.4) is 0 Å². The molecule has 0 aromatic heterocycles. The van der Waals surface area contributed by atoms with E-state index in [1.54, 1.807) is 0 Å². The van der Waals surface area contributed by atoms with Crippen LogP contribution in [0.15, 0.2) is 34.5 Å². The van der Waals surface area contributed by atoms with Crippen molar-refractivity contribution in [3.05, 3.63) is 35.0 Å². The average molecular weight is 389 g/mol. The van der Waals surface area contributed by atoms with Gasteiger partial charge in [-0.3, -0.25) is 14.6 Å². The predicted octanol–water partition coefficient (Wildman–Crippen LogP) is 4.22. The fourth-order valence-corrected chi connectivity index (χ4v) is 2.69. The average Bonchev–Trinajstić information content (AvgIpc) is 2.91. The zero-order valence-electron chi connectivity index (χ0n) is 13.6. The fourth-order valence-electron chi connectivity index (χ4n) is 2.69. The van der Waals surface area contributed by atoms with E-state index >= 15 is 0 Å². The first-order valence-electron chi connectivity index (χ1n) is 7.86. The number of benzene rings is 1. The van der Waals surface area contributed by atoms with Crippen LogP contribution in [0.25, 0.3) is 0 Å². The summed E-state index contributed by atoms with van der Waals surface area (Å²) in [6.45, 7) is 0. The Kier molecular flexibility index (Phi) is 4.75. The number of carbonyl (C=O) groups excluding carboxylic acids is 2. The third kappa shape index (κ3) is 4.15. The highest BCUT2D eigenvalue weighted by molar-refractivity contribution is 6.03. The highest BCUT2D eigenvalue weighted by atomic mass is 19.4. The van der Waals surface area contributed by atoms with Gasteiger partial charge in [0.15, 0.2) is 23.1 Å². The van der Waals surface area contributed by atoms with Gasteiger partial charge in [-0.15, -0.1) is 8.78 Å². The minimum atomic E-state index is -4.67. The Labute approximate surface area is 149 Å². The second kappa shape index (κ2) is 6.75. The maximum Gasteiger partial charge on any atom is 0.586 e. The van der Waals surface area contributed by atoms with E-state index in [2.05, 4.69) is 14.5 Å². The van der Waals surface area contributed by atoms with Gasteiger partial charge >= 0.3 is 12.5 Å². The molecule has 2 aliphatic heterocycles. The number of Topliss-reactive ketones (excluding diaryl/α,β-unsaturated/α-hetero) is 2. The van der Waals surface area contributed by atoms with E-state index in [4.69, 9.17) is 0 Å². The van der Waals surface area contributed by atoms with Gasteiger partial charge in [-0.05, 0) is 31.0 Å². The van der Waals surface area contributed by atoms with Crippen molar-refractivity contribution in [3.8, 4) is 11.5 Å². The number of allylic oxidation sites excluding steroid dienone is 2. The van der Waals surface area contributed by atoms with Crippen LogP contribution in [-0.4, -0.2) is 30.3 Å². The largest absolute Gasteiger partial charge is 0.586 e. The number of hydrogen-bond donors (Lipinski definition) is 0. The standard InChI is InChI=1S/C17H12F5NO4/c18-16(19,20)10-2-1-7-23-15(10)12(25)5-4-11(24)9-3-6-13-14(8-9)27-17(21,22)26-13/h3,6-8H,1-2,4-5H2. The number of halogens is 5. The Hall–Kier alpha value is -2.78. The third-order valence-corrected chi connectivity index (χ3v) is 3.94. The summed E-state index contributed by atoms with van der Waals surface area (Å²) in [7, 11) is 0. The molecule has 2 aliphatic rings. The summed E-state index contributed by atoms with van der Waals surface area (Å²) < 4.78 is 73.3. The Morgan fingerprint density at radius 1 is 1.07 bits per heavy atom. The number of fused-ring (bicyclic) bond motifs is 1. The molecule has 5 nitrogen and oxygen atoms in total. The molecule has 3 rings (SSSR count). The zero-order valence-corrected chi connectivity index (χ0v) is 13.6. The number of nitrogens with zero attached hydrogens (tertiary/aromatic N) is 1. The minimum Gasteiger partial charge on any atom is -0.395 e. The Bertz CT molecular complexity index is 857. The van der Waals surface area contributed by atoms with Crippen molar-refractivity contribution in [2.75, 3.05) is 0 Å². The molecule has 10 heteroatoms. The van der Waals surface area contributed by atoms with Crippen LogP contribution in [0.5, 0.6) is 11.5 Å². The molecule has 0 saturated carbocycles. The molecule has 0 saturated heterocycles. The van der Waals surface area contributed by atoms with E-state index in [9.17, 15) is 31.5 Å². The van der Waals surface area contributed by atoms with Crippen LogP contribution in [0.4, 0.5) is 22.0 Å². The number of ketones is 2. The maximum absolute atomic E-state index is 13.0. The summed E-state index contributed by atoms with van der Waals surface area (Å²) in [4.78, 5) is 27.8. The molecule has 0 radical (unpaired) electrons. The zero-order chi connectivity index (χ0) is 19.8. The first-order valence-corrected chi connectivity index (χ1v) is 7.86. The van der Waals surface area contributed by atoms with Gasteiger partial charge in [0.25, 0.3) is 0 Å². The molecule has 0 atom stereocenters. The first kappa shape index (κ1) is 19.0. The smallest absolute Gasteiger partial charge is 0.395 e. The van der Waals surface area contributed by atoms with Gasteiger partial charge in [0.1, 0.15) is 5.70 Å². The molecule has 0 spiro atoms. The van der Waals surface area contributed by atoms with E-state index < -0.39 is 48.1 Å². The summed E-state index contributed by atoms with van der Waals surface area (Å²) in [6.07, 6.45) is -8.45. The third-order valence-electron chi connectivity index (χ3n) is 3.94. The van der Waals surface area contributed by atoms with Crippen molar-refractivity contribution in [3.63, 3.8) is 0 Å². The van der Waals surface area contributed by atoms with Gasteiger partial charge in [-0.25, -0.2) is 0 Å². The highest BCUT2D eigenvalue weighted by Gasteiger charge is 2.43. The number of rotatable bonds is 5. The molecule has 0 amide bonds. The van der Waals surface area contributed by atoms with E-state index in [-0.39, 0.29) is 29.9 Å². The summed E-state index contributed by atoms with van der Waals surface area (Å²) in [5, 5.41) is 0. The quantitative estimate of drug-likeness (QED) is 0.559. The molecule has 0 aliphatic carbocycles. The van der Waals surface area contributed by atoms with Gasteiger partial charge in [0, 0.05) is 24.6 Å². The molecule has 0 fully saturated rings. The molecule has 27 heavy (non-hydrogen) atoms. The lowest BCUT2D eigenvalue weighted by Gasteiger charge is -2.16. The van der Waals surface area contributed by atoms with Crippen molar-refractivity contribution in [1.29, 1.82) is 0 Å². The van der Waals surface area contributed by atoms with Crippen LogP contribution in [0.2, 0.25) is 0 Å². The van der Waals surface area contributed by atoms with E-state index in [0.717, 1.165) is 12.1 Å².